The van der Waals surface area contributed by atoms with Gasteiger partial charge in [0.05, 0.1) is 13.2 Å². The lowest BCUT2D eigenvalue weighted by molar-refractivity contribution is -0.121. The zero-order valence-electron chi connectivity index (χ0n) is 19.1. The SMILES string of the molecule is CCOc1ccc(CCC(=O)NCc2ccc(OCc3ccc(F)cc3)cc2)cc1OCC. The molecule has 3 rings (SSSR count). The van der Waals surface area contributed by atoms with E-state index in [1.807, 2.05) is 56.3 Å². The Morgan fingerprint density at radius 2 is 1.42 bits per heavy atom. The number of nitrogens with one attached hydrogen (secondary N) is 1. The first kappa shape index (κ1) is 24.1. The summed E-state index contributed by atoms with van der Waals surface area (Å²) in [5.41, 5.74) is 2.91. The van der Waals surface area contributed by atoms with Crippen molar-refractivity contribution in [1.29, 1.82) is 0 Å². The first-order chi connectivity index (χ1) is 16.1. The van der Waals surface area contributed by atoms with Crippen LogP contribution in [0.25, 0.3) is 0 Å². The molecule has 33 heavy (non-hydrogen) atoms. The molecular weight excluding hydrogens is 421 g/mol. The van der Waals surface area contributed by atoms with Gasteiger partial charge < -0.3 is 19.5 Å². The molecule has 0 aliphatic rings. The van der Waals surface area contributed by atoms with E-state index in [4.69, 9.17) is 14.2 Å². The molecule has 0 heterocycles. The van der Waals surface area contributed by atoms with Crippen molar-refractivity contribution in [1.82, 2.24) is 5.32 Å². The van der Waals surface area contributed by atoms with Crippen LogP contribution in [0.1, 0.15) is 37.0 Å². The normalized spacial score (nSPS) is 10.5. The van der Waals surface area contributed by atoms with E-state index < -0.39 is 0 Å². The maximum atomic E-state index is 13.0. The van der Waals surface area contributed by atoms with Gasteiger partial charge in [0.25, 0.3) is 0 Å². The maximum absolute atomic E-state index is 13.0. The predicted octanol–water partition coefficient (Wildman–Crippen LogP) is 5.45. The average molecular weight is 452 g/mol. The fraction of sp³-hybridized carbons (Fsp3) is 0.296. The molecule has 0 saturated heterocycles. The molecule has 5 nitrogen and oxygen atoms in total. The van der Waals surface area contributed by atoms with E-state index in [1.165, 1.54) is 12.1 Å². The zero-order valence-corrected chi connectivity index (χ0v) is 19.1. The highest BCUT2D eigenvalue weighted by Crippen LogP contribution is 2.29. The summed E-state index contributed by atoms with van der Waals surface area (Å²) in [7, 11) is 0. The molecule has 0 aliphatic carbocycles. The van der Waals surface area contributed by atoms with E-state index in [2.05, 4.69) is 5.32 Å². The Balaban J connectivity index is 1.43. The van der Waals surface area contributed by atoms with Crippen molar-refractivity contribution >= 4 is 5.91 Å². The summed E-state index contributed by atoms with van der Waals surface area (Å²) in [6.45, 7) is 5.81. The minimum absolute atomic E-state index is 0.0153. The molecular formula is C27H30FNO4. The van der Waals surface area contributed by atoms with Crippen LogP contribution in [0.3, 0.4) is 0 Å². The van der Waals surface area contributed by atoms with Gasteiger partial charge in [-0.2, -0.15) is 0 Å². The minimum Gasteiger partial charge on any atom is -0.490 e. The Labute approximate surface area is 194 Å². The van der Waals surface area contributed by atoms with Gasteiger partial charge in [0.2, 0.25) is 5.91 Å². The highest BCUT2D eigenvalue weighted by molar-refractivity contribution is 5.76. The number of carbonyl (C=O) groups is 1. The molecule has 3 aromatic rings. The summed E-state index contributed by atoms with van der Waals surface area (Å²) in [5, 5.41) is 2.95. The van der Waals surface area contributed by atoms with Crippen molar-refractivity contribution in [3.8, 4) is 17.2 Å². The smallest absolute Gasteiger partial charge is 0.220 e. The Morgan fingerprint density at radius 1 is 0.788 bits per heavy atom. The number of carbonyl (C=O) groups excluding carboxylic acids is 1. The molecule has 0 aliphatic heterocycles. The molecule has 0 spiro atoms. The van der Waals surface area contributed by atoms with E-state index in [1.54, 1.807) is 12.1 Å². The molecule has 0 bridgehead atoms. The third-order valence-electron chi connectivity index (χ3n) is 4.98. The molecule has 0 radical (unpaired) electrons. The van der Waals surface area contributed by atoms with Crippen molar-refractivity contribution in [3.63, 3.8) is 0 Å². The minimum atomic E-state index is -0.264. The van der Waals surface area contributed by atoms with Crippen LogP contribution in [-0.4, -0.2) is 19.1 Å². The van der Waals surface area contributed by atoms with Crippen molar-refractivity contribution in [2.24, 2.45) is 0 Å². The quantitative estimate of drug-likeness (QED) is 0.398. The molecule has 6 heteroatoms. The Kier molecular flexibility index (Phi) is 9.12. The van der Waals surface area contributed by atoms with Crippen molar-refractivity contribution in [2.75, 3.05) is 13.2 Å². The second-order valence-corrected chi connectivity index (χ2v) is 7.48. The molecule has 3 aromatic carbocycles. The van der Waals surface area contributed by atoms with Gasteiger partial charge >= 0.3 is 0 Å². The molecule has 0 aromatic heterocycles. The van der Waals surface area contributed by atoms with Crippen LogP contribution in [0.4, 0.5) is 4.39 Å². The monoisotopic (exact) mass is 451 g/mol. The standard InChI is InChI=1S/C27H30FNO4/c1-3-31-25-15-9-20(17-26(25)32-4-2)10-16-27(30)29-18-21-7-13-24(14-8-21)33-19-22-5-11-23(28)12-6-22/h5-9,11-15,17H,3-4,10,16,18-19H2,1-2H3,(H,29,30). The van der Waals surface area contributed by atoms with Gasteiger partial charge in [-0.15, -0.1) is 0 Å². The second kappa shape index (κ2) is 12.5. The van der Waals surface area contributed by atoms with Crippen LogP contribution in [-0.2, 0) is 24.4 Å². The Bertz CT molecular complexity index is 1020. The number of aryl methyl sites for hydroxylation is 1. The number of hydrogen-bond donors (Lipinski definition) is 1. The van der Waals surface area contributed by atoms with Crippen LogP contribution >= 0.6 is 0 Å². The zero-order chi connectivity index (χ0) is 23.5. The number of benzene rings is 3. The fourth-order valence-electron chi connectivity index (χ4n) is 3.25. The topological polar surface area (TPSA) is 56.8 Å². The van der Waals surface area contributed by atoms with E-state index >= 15 is 0 Å². The number of halogens is 1. The van der Waals surface area contributed by atoms with Crippen LogP contribution in [0.15, 0.2) is 66.7 Å². The third-order valence-corrected chi connectivity index (χ3v) is 4.98. The molecule has 0 fully saturated rings. The predicted molar refractivity (Wildman–Crippen MR) is 126 cm³/mol. The van der Waals surface area contributed by atoms with Gasteiger partial charge in [0, 0.05) is 13.0 Å². The molecule has 0 atom stereocenters. The summed E-state index contributed by atoms with van der Waals surface area (Å²) in [6, 6.07) is 19.6. The van der Waals surface area contributed by atoms with E-state index in [0.717, 1.165) is 28.2 Å². The largest absolute Gasteiger partial charge is 0.490 e. The first-order valence-electron chi connectivity index (χ1n) is 11.2. The number of ether oxygens (including phenoxy) is 3. The highest BCUT2D eigenvalue weighted by Gasteiger charge is 2.08. The summed E-state index contributed by atoms with van der Waals surface area (Å²) in [6.07, 6.45) is 1.01. The summed E-state index contributed by atoms with van der Waals surface area (Å²) in [4.78, 5) is 12.3. The molecule has 1 amide bonds. The van der Waals surface area contributed by atoms with Gasteiger partial charge in [-0.3, -0.25) is 4.79 Å². The van der Waals surface area contributed by atoms with E-state index in [-0.39, 0.29) is 11.7 Å². The summed E-state index contributed by atoms with van der Waals surface area (Å²) in [5.74, 6) is 1.87. The summed E-state index contributed by atoms with van der Waals surface area (Å²) < 4.78 is 29.9. The van der Waals surface area contributed by atoms with Gasteiger partial charge in [0.1, 0.15) is 18.2 Å². The Morgan fingerprint density at radius 3 is 2.12 bits per heavy atom. The number of rotatable bonds is 12. The Hall–Kier alpha value is -3.54. The summed E-state index contributed by atoms with van der Waals surface area (Å²) >= 11 is 0. The van der Waals surface area contributed by atoms with Crippen molar-refractivity contribution in [2.45, 2.75) is 39.8 Å². The van der Waals surface area contributed by atoms with E-state index in [9.17, 15) is 9.18 Å². The van der Waals surface area contributed by atoms with Gasteiger partial charge in [-0.1, -0.05) is 30.3 Å². The number of amides is 1. The van der Waals surface area contributed by atoms with E-state index in [0.29, 0.717) is 45.0 Å². The van der Waals surface area contributed by atoms with Gasteiger partial charge in [0.15, 0.2) is 11.5 Å². The first-order valence-corrected chi connectivity index (χ1v) is 11.2. The number of hydrogen-bond acceptors (Lipinski definition) is 4. The van der Waals surface area contributed by atoms with Crippen molar-refractivity contribution < 1.29 is 23.4 Å². The van der Waals surface area contributed by atoms with Gasteiger partial charge in [-0.05, 0) is 73.4 Å². The van der Waals surface area contributed by atoms with Crippen LogP contribution in [0.2, 0.25) is 0 Å². The van der Waals surface area contributed by atoms with Crippen LogP contribution < -0.4 is 19.5 Å². The fourth-order valence-corrected chi connectivity index (χ4v) is 3.25. The molecule has 0 unspecified atom stereocenters. The maximum Gasteiger partial charge on any atom is 0.220 e. The molecule has 1 N–H and O–H groups in total. The van der Waals surface area contributed by atoms with Crippen LogP contribution in [0.5, 0.6) is 17.2 Å². The highest BCUT2D eigenvalue weighted by atomic mass is 19.1. The van der Waals surface area contributed by atoms with Crippen molar-refractivity contribution in [3.05, 3.63) is 89.2 Å². The molecule has 174 valence electrons. The molecule has 0 saturated carbocycles. The van der Waals surface area contributed by atoms with Crippen LogP contribution in [0, 0.1) is 5.82 Å². The van der Waals surface area contributed by atoms with Gasteiger partial charge in [-0.25, -0.2) is 4.39 Å². The third kappa shape index (κ3) is 7.83. The lowest BCUT2D eigenvalue weighted by atomic mass is 10.1. The second-order valence-electron chi connectivity index (χ2n) is 7.48. The lowest BCUT2D eigenvalue weighted by Gasteiger charge is -2.12. The average Bonchev–Trinajstić information content (AvgIpc) is 2.83. The lowest BCUT2D eigenvalue weighted by Crippen LogP contribution is -2.22.